The second kappa shape index (κ2) is 8.09. The lowest BCUT2D eigenvalue weighted by molar-refractivity contribution is -0.124. The van der Waals surface area contributed by atoms with Crippen molar-refractivity contribution in [1.29, 1.82) is 0 Å². The van der Waals surface area contributed by atoms with Gasteiger partial charge in [-0.2, -0.15) is 0 Å². The van der Waals surface area contributed by atoms with Gasteiger partial charge in [0.15, 0.2) is 0 Å². The standard InChI is InChI=1S/C18H25N5O2/c1-25-16-8-4-3-7-15(16)12-19-17(24)11-18(9-5-2-6-10-18)13-23-14-20-21-22-23/h3-4,7-8,14H,2,5-6,9-13H2,1H3,(H,19,24). The number of carbonyl (C=O) groups is 1. The van der Waals surface area contributed by atoms with Crippen molar-refractivity contribution in [2.24, 2.45) is 5.41 Å². The van der Waals surface area contributed by atoms with E-state index in [0.29, 0.717) is 19.5 Å². The Morgan fingerprint density at radius 3 is 2.80 bits per heavy atom. The van der Waals surface area contributed by atoms with E-state index in [9.17, 15) is 4.79 Å². The molecule has 134 valence electrons. The van der Waals surface area contributed by atoms with E-state index in [0.717, 1.165) is 37.0 Å². The van der Waals surface area contributed by atoms with Crippen LogP contribution in [0.5, 0.6) is 5.75 Å². The molecule has 0 saturated heterocycles. The van der Waals surface area contributed by atoms with Gasteiger partial charge in [0.25, 0.3) is 0 Å². The summed E-state index contributed by atoms with van der Waals surface area (Å²) in [6, 6.07) is 7.75. The fourth-order valence-corrected chi connectivity index (χ4v) is 3.73. The molecule has 1 aromatic heterocycles. The second-order valence-electron chi connectivity index (χ2n) is 6.83. The van der Waals surface area contributed by atoms with Crippen LogP contribution in [0.3, 0.4) is 0 Å². The first-order valence-corrected chi connectivity index (χ1v) is 8.80. The fourth-order valence-electron chi connectivity index (χ4n) is 3.73. The third kappa shape index (κ3) is 4.55. The van der Waals surface area contributed by atoms with Crippen molar-refractivity contribution in [2.45, 2.75) is 51.6 Å². The fraction of sp³-hybridized carbons (Fsp3) is 0.556. The minimum Gasteiger partial charge on any atom is -0.496 e. The van der Waals surface area contributed by atoms with Crippen LogP contribution in [0.25, 0.3) is 0 Å². The van der Waals surface area contributed by atoms with Crippen LogP contribution >= 0.6 is 0 Å². The highest BCUT2D eigenvalue weighted by Gasteiger charge is 2.35. The average molecular weight is 343 g/mol. The summed E-state index contributed by atoms with van der Waals surface area (Å²) < 4.78 is 7.09. The summed E-state index contributed by atoms with van der Waals surface area (Å²) in [4.78, 5) is 12.6. The molecule has 1 saturated carbocycles. The number of aromatic nitrogens is 4. The molecule has 2 aromatic rings. The zero-order chi connectivity index (χ0) is 17.5. The van der Waals surface area contributed by atoms with E-state index in [1.54, 1.807) is 18.1 Å². The Labute approximate surface area is 147 Å². The quantitative estimate of drug-likeness (QED) is 0.834. The SMILES string of the molecule is COc1ccccc1CNC(=O)CC1(Cn2cnnn2)CCCCC1. The van der Waals surface area contributed by atoms with Gasteiger partial charge in [-0.25, -0.2) is 4.68 Å². The molecule has 0 bridgehead atoms. The van der Waals surface area contributed by atoms with Crippen LogP contribution in [0.2, 0.25) is 0 Å². The summed E-state index contributed by atoms with van der Waals surface area (Å²) in [7, 11) is 1.64. The smallest absolute Gasteiger partial charge is 0.220 e. The minimum absolute atomic E-state index is 0.0571. The third-order valence-electron chi connectivity index (χ3n) is 5.01. The predicted octanol–water partition coefficient (Wildman–Crippen LogP) is 2.34. The van der Waals surface area contributed by atoms with Crippen LogP contribution in [0, 0.1) is 5.41 Å². The number of benzene rings is 1. The zero-order valence-electron chi connectivity index (χ0n) is 14.6. The highest BCUT2D eigenvalue weighted by Crippen LogP contribution is 2.40. The Balaban J connectivity index is 1.62. The Bertz CT molecular complexity index is 681. The first kappa shape index (κ1) is 17.4. The summed E-state index contributed by atoms with van der Waals surface area (Å²) in [5.41, 5.74) is 0.926. The van der Waals surface area contributed by atoms with Crippen molar-refractivity contribution >= 4 is 5.91 Å². The van der Waals surface area contributed by atoms with Crippen LogP contribution in [-0.4, -0.2) is 33.2 Å². The Morgan fingerprint density at radius 1 is 1.28 bits per heavy atom. The maximum absolute atomic E-state index is 12.6. The number of ether oxygens (including phenoxy) is 1. The molecule has 1 aromatic carbocycles. The molecule has 1 aliphatic rings. The molecule has 0 spiro atoms. The average Bonchev–Trinajstić information content (AvgIpc) is 3.13. The summed E-state index contributed by atoms with van der Waals surface area (Å²) in [6.45, 7) is 1.17. The molecule has 0 atom stereocenters. The van der Waals surface area contributed by atoms with E-state index in [4.69, 9.17) is 4.74 Å². The molecule has 7 nitrogen and oxygen atoms in total. The van der Waals surface area contributed by atoms with Gasteiger partial charge in [0.2, 0.25) is 5.91 Å². The Morgan fingerprint density at radius 2 is 2.08 bits per heavy atom. The van der Waals surface area contributed by atoms with Gasteiger partial charge in [-0.15, -0.1) is 5.10 Å². The molecular weight excluding hydrogens is 318 g/mol. The maximum atomic E-state index is 12.6. The van der Waals surface area contributed by atoms with E-state index in [1.807, 2.05) is 24.3 Å². The number of hydrogen-bond acceptors (Lipinski definition) is 5. The van der Waals surface area contributed by atoms with Crippen molar-refractivity contribution < 1.29 is 9.53 Å². The van der Waals surface area contributed by atoms with E-state index >= 15 is 0 Å². The molecule has 1 heterocycles. The van der Waals surface area contributed by atoms with E-state index < -0.39 is 0 Å². The number of methoxy groups -OCH3 is 1. The summed E-state index contributed by atoms with van der Waals surface area (Å²) >= 11 is 0. The van der Waals surface area contributed by atoms with Crippen LogP contribution in [0.1, 0.15) is 44.1 Å². The van der Waals surface area contributed by atoms with Crippen molar-refractivity contribution in [1.82, 2.24) is 25.5 Å². The van der Waals surface area contributed by atoms with Gasteiger partial charge in [-0.1, -0.05) is 37.5 Å². The van der Waals surface area contributed by atoms with Crippen molar-refractivity contribution in [2.75, 3.05) is 7.11 Å². The van der Waals surface area contributed by atoms with Gasteiger partial charge in [0, 0.05) is 18.5 Å². The summed E-state index contributed by atoms with van der Waals surface area (Å²) in [5, 5.41) is 14.5. The number of para-hydroxylation sites is 1. The topological polar surface area (TPSA) is 81.9 Å². The molecular formula is C18H25N5O2. The van der Waals surface area contributed by atoms with Gasteiger partial charge in [-0.3, -0.25) is 4.79 Å². The monoisotopic (exact) mass is 343 g/mol. The molecule has 1 amide bonds. The van der Waals surface area contributed by atoms with Crippen molar-refractivity contribution in [3.8, 4) is 5.75 Å². The lowest BCUT2D eigenvalue weighted by Crippen LogP contribution is -2.36. The zero-order valence-corrected chi connectivity index (χ0v) is 14.6. The van der Waals surface area contributed by atoms with Crippen molar-refractivity contribution in [3.63, 3.8) is 0 Å². The maximum Gasteiger partial charge on any atom is 0.220 e. The number of nitrogens with zero attached hydrogens (tertiary/aromatic N) is 4. The first-order chi connectivity index (χ1) is 12.2. The number of tetrazole rings is 1. The van der Waals surface area contributed by atoms with Crippen LogP contribution in [0.15, 0.2) is 30.6 Å². The number of nitrogens with one attached hydrogen (secondary N) is 1. The summed E-state index contributed by atoms with van der Waals surface area (Å²) in [6.07, 6.45) is 7.75. The summed E-state index contributed by atoms with van der Waals surface area (Å²) in [5.74, 6) is 0.866. The van der Waals surface area contributed by atoms with Gasteiger partial charge >= 0.3 is 0 Å². The molecule has 1 fully saturated rings. The number of carbonyl (C=O) groups excluding carboxylic acids is 1. The lowest BCUT2D eigenvalue weighted by atomic mass is 9.71. The highest BCUT2D eigenvalue weighted by atomic mass is 16.5. The number of hydrogen-bond donors (Lipinski definition) is 1. The van der Waals surface area contributed by atoms with Crippen LogP contribution in [0.4, 0.5) is 0 Å². The second-order valence-corrected chi connectivity index (χ2v) is 6.83. The van der Waals surface area contributed by atoms with Gasteiger partial charge in [0.1, 0.15) is 12.1 Å². The molecule has 25 heavy (non-hydrogen) atoms. The lowest BCUT2D eigenvalue weighted by Gasteiger charge is -2.36. The molecule has 3 rings (SSSR count). The van der Waals surface area contributed by atoms with E-state index in [2.05, 4.69) is 20.8 Å². The first-order valence-electron chi connectivity index (χ1n) is 8.80. The Hall–Kier alpha value is -2.44. The third-order valence-corrected chi connectivity index (χ3v) is 5.01. The van der Waals surface area contributed by atoms with Crippen LogP contribution < -0.4 is 10.1 Å². The largest absolute Gasteiger partial charge is 0.496 e. The molecule has 0 radical (unpaired) electrons. The molecule has 0 unspecified atom stereocenters. The van der Waals surface area contributed by atoms with Gasteiger partial charge < -0.3 is 10.1 Å². The number of rotatable bonds is 7. The van der Waals surface area contributed by atoms with Gasteiger partial charge in [-0.05, 0) is 34.7 Å². The minimum atomic E-state index is -0.0571. The normalized spacial score (nSPS) is 16.4. The van der Waals surface area contributed by atoms with Crippen LogP contribution in [-0.2, 0) is 17.9 Å². The number of amides is 1. The molecule has 0 aliphatic heterocycles. The Kier molecular flexibility index (Phi) is 5.63. The van der Waals surface area contributed by atoms with Crippen molar-refractivity contribution in [3.05, 3.63) is 36.2 Å². The van der Waals surface area contributed by atoms with E-state index in [-0.39, 0.29) is 11.3 Å². The van der Waals surface area contributed by atoms with E-state index in [1.165, 1.54) is 6.42 Å². The van der Waals surface area contributed by atoms with Gasteiger partial charge in [0.05, 0.1) is 13.7 Å². The molecule has 1 aliphatic carbocycles. The highest BCUT2D eigenvalue weighted by molar-refractivity contribution is 5.76. The predicted molar refractivity (Wildman–Crippen MR) is 92.8 cm³/mol. The molecule has 7 heteroatoms. The molecule has 1 N–H and O–H groups in total.